The second-order valence-electron chi connectivity index (χ2n) is 5.86. The minimum absolute atomic E-state index is 0.0455. The fraction of sp³-hybridized carbons (Fsp3) is 0.278. The smallest absolute Gasteiger partial charge is 0.234 e. The van der Waals surface area contributed by atoms with Gasteiger partial charge < -0.3 is 9.73 Å². The summed E-state index contributed by atoms with van der Waals surface area (Å²) in [5.41, 5.74) is 2.23. The average molecular weight is 326 g/mol. The monoisotopic (exact) mass is 326 g/mol. The number of hydrogen-bond donors (Lipinski definition) is 1. The second kappa shape index (κ2) is 6.18. The fourth-order valence-electron chi connectivity index (χ4n) is 3.01. The number of thiophene rings is 1. The van der Waals surface area contributed by atoms with Gasteiger partial charge in [-0.15, -0.1) is 11.3 Å². The summed E-state index contributed by atoms with van der Waals surface area (Å²) < 4.78 is 5.72. The van der Waals surface area contributed by atoms with Crippen LogP contribution in [0.25, 0.3) is 11.0 Å². The predicted octanol–water partition coefficient (Wildman–Crippen LogP) is 3.17. The van der Waals surface area contributed by atoms with Gasteiger partial charge in [-0.05, 0) is 35.6 Å². The molecule has 0 saturated carbocycles. The van der Waals surface area contributed by atoms with E-state index in [1.807, 2.05) is 41.7 Å². The first-order valence-electron chi connectivity index (χ1n) is 7.80. The Morgan fingerprint density at radius 2 is 2.22 bits per heavy atom. The summed E-state index contributed by atoms with van der Waals surface area (Å²) in [7, 11) is 0. The lowest BCUT2D eigenvalue weighted by Gasteiger charge is -2.25. The van der Waals surface area contributed by atoms with Crippen molar-refractivity contribution in [1.82, 2.24) is 10.2 Å². The van der Waals surface area contributed by atoms with Crippen molar-refractivity contribution < 1.29 is 9.21 Å². The van der Waals surface area contributed by atoms with E-state index < -0.39 is 0 Å². The first-order chi connectivity index (χ1) is 11.3. The third kappa shape index (κ3) is 3.16. The number of nitrogens with zero attached hydrogens (tertiary/aromatic N) is 1. The van der Waals surface area contributed by atoms with Gasteiger partial charge in [-0.2, -0.15) is 0 Å². The Morgan fingerprint density at radius 1 is 1.30 bits per heavy atom. The number of furan rings is 1. The molecule has 0 saturated heterocycles. The van der Waals surface area contributed by atoms with Crippen LogP contribution in [-0.4, -0.2) is 23.9 Å². The number of amides is 1. The molecule has 0 unspecified atom stereocenters. The first-order valence-corrected chi connectivity index (χ1v) is 8.68. The van der Waals surface area contributed by atoms with E-state index in [-0.39, 0.29) is 5.91 Å². The van der Waals surface area contributed by atoms with Crippen LogP contribution in [0.2, 0.25) is 0 Å². The van der Waals surface area contributed by atoms with E-state index in [4.69, 9.17) is 4.42 Å². The number of nitrogens with one attached hydrogen (secondary N) is 1. The minimum Gasteiger partial charge on any atom is -0.459 e. The molecule has 1 aromatic carbocycles. The molecule has 0 spiro atoms. The van der Waals surface area contributed by atoms with Gasteiger partial charge in [-0.1, -0.05) is 18.2 Å². The maximum absolute atomic E-state index is 12.2. The van der Waals surface area contributed by atoms with E-state index in [2.05, 4.69) is 21.7 Å². The number of fused-ring (bicyclic) bond motifs is 2. The Morgan fingerprint density at radius 3 is 3.13 bits per heavy atom. The van der Waals surface area contributed by atoms with Gasteiger partial charge in [0.05, 0.1) is 13.1 Å². The normalized spacial score (nSPS) is 14.8. The van der Waals surface area contributed by atoms with Crippen LogP contribution >= 0.6 is 11.3 Å². The van der Waals surface area contributed by atoms with Gasteiger partial charge in [0.25, 0.3) is 0 Å². The maximum atomic E-state index is 12.2. The first kappa shape index (κ1) is 14.5. The van der Waals surface area contributed by atoms with Crippen LogP contribution in [0.5, 0.6) is 0 Å². The van der Waals surface area contributed by atoms with E-state index in [9.17, 15) is 4.79 Å². The molecule has 0 fully saturated rings. The van der Waals surface area contributed by atoms with Crippen molar-refractivity contribution in [3.63, 3.8) is 0 Å². The highest BCUT2D eigenvalue weighted by atomic mass is 32.1. The molecule has 0 aliphatic carbocycles. The predicted molar refractivity (Wildman–Crippen MR) is 91.4 cm³/mol. The topological polar surface area (TPSA) is 45.5 Å². The summed E-state index contributed by atoms with van der Waals surface area (Å²) in [5, 5.41) is 6.16. The van der Waals surface area contributed by atoms with E-state index in [1.165, 1.54) is 10.4 Å². The third-order valence-corrected chi connectivity index (χ3v) is 5.21. The van der Waals surface area contributed by atoms with Crippen LogP contribution < -0.4 is 5.32 Å². The lowest BCUT2D eigenvalue weighted by molar-refractivity contribution is -0.122. The third-order valence-electron chi connectivity index (χ3n) is 4.19. The zero-order valence-corrected chi connectivity index (χ0v) is 13.6. The van der Waals surface area contributed by atoms with E-state index in [0.29, 0.717) is 13.1 Å². The molecule has 0 radical (unpaired) electrons. The Balaban J connectivity index is 1.32. The van der Waals surface area contributed by atoms with Crippen molar-refractivity contribution in [3.8, 4) is 0 Å². The van der Waals surface area contributed by atoms with Crippen LogP contribution in [0.4, 0.5) is 0 Å². The molecule has 1 aliphatic heterocycles. The second-order valence-corrected chi connectivity index (χ2v) is 6.86. The van der Waals surface area contributed by atoms with Crippen molar-refractivity contribution in [2.24, 2.45) is 0 Å². The van der Waals surface area contributed by atoms with Gasteiger partial charge in [0, 0.05) is 23.4 Å². The van der Waals surface area contributed by atoms with E-state index in [0.717, 1.165) is 36.2 Å². The van der Waals surface area contributed by atoms with Crippen LogP contribution in [0.15, 0.2) is 46.2 Å². The van der Waals surface area contributed by atoms with Crippen LogP contribution in [0, 0.1) is 0 Å². The van der Waals surface area contributed by atoms with Gasteiger partial charge in [0.2, 0.25) is 5.91 Å². The van der Waals surface area contributed by atoms with Gasteiger partial charge in [0.1, 0.15) is 11.3 Å². The molecule has 3 aromatic rings. The van der Waals surface area contributed by atoms with Crippen LogP contribution in [-0.2, 0) is 24.3 Å². The van der Waals surface area contributed by atoms with Crippen LogP contribution in [0.1, 0.15) is 16.2 Å². The molecule has 3 heterocycles. The Hall–Kier alpha value is -2.11. The van der Waals surface area contributed by atoms with E-state index >= 15 is 0 Å². The standard InChI is InChI=1S/C18H18N2O2S/c21-18(12-20-7-5-17-14(11-20)6-8-23-17)19-10-15-9-13-3-1-2-4-16(13)22-15/h1-4,6,8-9H,5,7,10-12H2,(H,19,21). The summed E-state index contributed by atoms with van der Waals surface area (Å²) in [6.07, 6.45) is 1.05. The molecular formula is C18H18N2O2S. The van der Waals surface area contributed by atoms with Gasteiger partial charge in [0.15, 0.2) is 0 Å². The summed E-state index contributed by atoms with van der Waals surface area (Å²) in [6, 6.07) is 12.0. The minimum atomic E-state index is 0.0455. The molecule has 0 atom stereocenters. The number of hydrogen-bond acceptors (Lipinski definition) is 4. The zero-order valence-electron chi connectivity index (χ0n) is 12.7. The number of rotatable bonds is 4. The fourth-order valence-corrected chi connectivity index (χ4v) is 3.90. The Labute approximate surface area is 138 Å². The molecule has 1 amide bonds. The summed E-state index contributed by atoms with van der Waals surface area (Å²) in [4.78, 5) is 15.8. The SMILES string of the molecule is O=C(CN1CCc2sccc2C1)NCc1cc2ccccc2o1. The molecule has 118 valence electrons. The molecule has 0 bridgehead atoms. The number of benzene rings is 1. The average Bonchev–Trinajstić information content (AvgIpc) is 3.18. The maximum Gasteiger partial charge on any atom is 0.234 e. The molecule has 1 N–H and O–H groups in total. The molecule has 1 aliphatic rings. The quantitative estimate of drug-likeness (QED) is 0.801. The summed E-state index contributed by atoms with van der Waals surface area (Å²) in [6.45, 7) is 2.70. The Kier molecular flexibility index (Phi) is 3.89. The molecule has 5 heteroatoms. The highest BCUT2D eigenvalue weighted by molar-refractivity contribution is 7.10. The highest BCUT2D eigenvalue weighted by Gasteiger charge is 2.19. The molecule has 2 aromatic heterocycles. The highest BCUT2D eigenvalue weighted by Crippen LogP contribution is 2.23. The zero-order chi connectivity index (χ0) is 15.6. The van der Waals surface area contributed by atoms with E-state index in [1.54, 1.807) is 0 Å². The van der Waals surface area contributed by atoms with Crippen molar-refractivity contribution in [2.75, 3.05) is 13.1 Å². The van der Waals surface area contributed by atoms with Gasteiger partial charge >= 0.3 is 0 Å². The lowest BCUT2D eigenvalue weighted by atomic mass is 10.1. The van der Waals surface area contributed by atoms with Crippen molar-refractivity contribution in [1.29, 1.82) is 0 Å². The van der Waals surface area contributed by atoms with Crippen molar-refractivity contribution in [2.45, 2.75) is 19.5 Å². The molecule has 4 nitrogen and oxygen atoms in total. The van der Waals surface area contributed by atoms with Crippen LogP contribution in [0.3, 0.4) is 0 Å². The number of carbonyl (C=O) groups is 1. The largest absolute Gasteiger partial charge is 0.459 e. The van der Waals surface area contributed by atoms with Crippen molar-refractivity contribution >= 4 is 28.2 Å². The Bertz CT molecular complexity index is 803. The molecule has 23 heavy (non-hydrogen) atoms. The molecule has 4 rings (SSSR count). The number of para-hydroxylation sites is 1. The van der Waals surface area contributed by atoms with Crippen molar-refractivity contribution in [3.05, 3.63) is 58.0 Å². The van der Waals surface area contributed by atoms with Gasteiger partial charge in [-0.3, -0.25) is 9.69 Å². The number of carbonyl (C=O) groups excluding carboxylic acids is 1. The lowest BCUT2D eigenvalue weighted by Crippen LogP contribution is -2.39. The van der Waals surface area contributed by atoms with Gasteiger partial charge in [-0.25, -0.2) is 0 Å². The summed E-state index contributed by atoms with van der Waals surface area (Å²) >= 11 is 1.82. The summed E-state index contributed by atoms with van der Waals surface area (Å²) in [5.74, 6) is 0.836. The molecular weight excluding hydrogens is 308 g/mol.